The first-order valence-corrected chi connectivity index (χ1v) is 5.49. The van der Waals surface area contributed by atoms with Gasteiger partial charge in [0, 0.05) is 18.1 Å². The number of benzene rings is 1. The summed E-state index contributed by atoms with van der Waals surface area (Å²) in [5, 5.41) is 2.86. The number of carbonyl (C=O) groups is 1. The van der Waals surface area contributed by atoms with Crippen LogP contribution < -0.4 is 5.32 Å². The summed E-state index contributed by atoms with van der Waals surface area (Å²) in [4.78, 5) is 15.9. The van der Waals surface area contributed by atoms with Gasteiger partial charge in [-0.15, -0.1) is 0 Å². The van der Waals surface area contributed by atoms with Crippen LogP contribution in [0.2, 0.25) is 0 Å². The second kappa shape index (κ2) is 4.82. The van der Waals surface area contributed by atoms with Gasteiger partial charge in [0.2, 0.25) is 5.91 Å². The summed E-state index contributed by atoms with van der Waals surface area (Å²) >= 11 is 0. The zero-order chi connectivity index (χ0) is 12.3. The van der Waals surface area contributed by atoms with E-state index in [1.165, 1.54) is 0 Å². The summed E-state index contributed by atoms with van der Waals surface area (Å²) < 4.78 is 1.81. The topological polar surface area (TPSA) is 46.9 Å². The van der Waals surface area contributed by atoms with Crippen LogP contribution in [0.15, 0.2) is 36.7 Å². The van der Waals surface area contributed by atoms with Crippen molar-refractivity contribution < 1.29 is 4.79 Å². The number of hydrogen-bond donors (Lipinski definition) is 1. The highest BCUT2D eigenvalue weighted by atomic mass is 16.1. The van der Waals surface area contributed by atoms with Crippen LogP contribution in [0.4, 0.5) is 5.69 Å². The maximum atomic E-state index is 11.8. The van der Waals surface area contributed by atoms with Crippen LogP contribution in [-0.4, -0.2) is 15.5 Å². The number of imidazole rings is 1. The van der Waals surface area contributed by atoms with E-state index in [-0.39, 0.29) is 5.91 Å². The van der Waals surface area contributed by atoms with E-state index in [9.17, 15) is 4.79 Å². The molecule has 0 spiro atoms. The maximum absolute atomic E-state index is 11.8. The monoisotopic (exact) mass is 229 g/mol. The fourth-order valence-corrected chi connectivity index (χ4v) is 1.65. The first-order chi connectivity index (χ1) is 8.15. The molecule has 0 aliphatic heterocycles. The lowest BCUT2D eigenvalue weighted by molar-refractivity contribution is -0.116. The zero-order valence-electron chi connectivity index (χ0n) is 9.97. The molecule has 0 radical (unpaired) electrons. The van der Waals surface area contributed by atoms with Gasteiger partial charge in [-0.2, -0.15) is 0 Å². The highest BCUT2D eigenvalue weighted by Crippen LogP contribution is 2.09. The third-order valence-corrected chi connectivity index (χ3v) is 2.54. The van der Waals surface area contributed by atoms with Crippen LogP contribution in [0, 0.1) is 13.8 Å². The van der Waals surface area contributed by atoms with Gasteiger partial charge in [-0.3, -0.25) is 4.79 Å². The summed E-state index contributed by atoms with van der Waals surface area (Å²) in [6, 6.07) is 7.74. The Hall–Kier alpha value is -2.10. The summed E-state index contributed by atoms with van der Waals surface area (Å²) in [6.45, 7) is 4.16. The van der Waals surface area contributed by atoms with Gasteiger partial charge >= 0.3 is 0 Å². The Morgan fingerprint density at radius 2 is 2.24 bits per heavy atom. The van der Waals surface area contributed by atoms with Gasteiger partial charge in [-0.05, 0) is 31.5 Å². The molecule has 0 atom stereocenters. The average molecular weight is 229 g/mol. The first kappa shape index (κ1) is 11.4. The number of nitrogens with one attached hydrogen (secondary N) is 1. The van der Waals surface area contributed by atoms with Gasteiger partial charge in [0.1, 0.15) is 12.4 Å². The molecule has 0 fully saturated rings. The average Bonchev–Trinajstić information content (AvgIpc) is 2.64. The van der Waals surface area contributed by atoms with Crippen molar-refractivity contribution in [2.24, 2.45) is 0 Å². The number of anilines is 1. The van der Waals surface area contributed by atoms with Crippen LogP contribution >= 0.6 is 0 Å². The van der Waals surface area contributed by atoms with E-state index >= 15 is 0 Å². The largest absolute Gasteiger partial charge is 0.326 e. The molecule has 4 heteroatoms. The molecule has 4 nitrogen and oxygen atoms in total. The second-order valence-corrected chi connectivity index (χ2v) is 4.02. The smallest absolute Gasteiger partial charge is 0.244 e. The van der Waals surface area contributed by atoms with Crippen molar-refractivity contribution in [1.82, 2.24) is 9.55 Å². The van der Waals surface area contributed by atoms with Gasteiger partial charge in [0.15, 0.2) is 0 Å². The summed E-state index contributed by atoms with van der Waals surface area (Å²) in [5.74, 6) is 0.793. The summed E-state index contributed by atoms with van der Waals surface area (Å²) in [6.07, 6.45) is 3.49. The predicted molar refractivity (Wildman–Crippen MR) is 66.8 cm³/mol. The Bertz CT molecular complexity index is 531. The van der Waals surface area contributed by atoms with Crippen molar-refractivity contribution in [2.45, 2.75) is 20.4 Å². The minimum atomic E-state index is -0.0447. The molecule has 1 amide bonds. The fourth-order valence-electron chi connectivity index (χ4n) is 1.65. The molecule has 1 aromatic heterocycles. The van der Waals surface area contributed by atoms with Crippen molar-refractivity contribution >= 4 is 11.6 Å². The third-order valence-electron chi connectivity index (χ3n) is 2.54. The van der Waals surface area contributed by atoms with Gasteiger partial charge in [-0.25, -0.2) is 4.98 Å². The first-order valence-electron chi connectivity index (χ1n) is 5.49. The Balaban J connectivity index is 2.01. The van der Waals surface area contributed by atoms with Crippen molar-refractivity contribution in [3.05, 3.63) is 48.0 Å². The quantitative estimate of drug-likeness (QED) is 0.876. The minimum absolute atomic E-state index is 0.0447. The van der Waals surface area contributed by atoms with Gasteiger partial charge < -0.3 is 9.88 Å². The van der Waals surface area contributed by atoms with Crippen LogP contribution in [0.1, 0.15) is 11.4 Å². The minimum Gasteiger partial charge on any atom is -0.326 e. The van der Waals surface area contributed by atoms with Gasteiger partial charge in [0.25, 0.3) is 0 Å². The van der Waals surface area contributed by atoms with Gasteiger partial charge in [0.05, 0.1) is 0 Å². The standard InChI is InChI=1S/C13H15N3O/c1-10-4-3-5-12(8-10)15-13(17)9-16-7-6-14-11(16)2/h3-8H,9H2,1-2H3,(H,15,17). The number of hydrogen-bond acceptors (Lipinski definition) is 2. The lowest BCUT2D eigenvalue weighted by Crippen LogP contribution is -2.19. The molecule has 2 rings (SSSR count). The van der Waals surface area contributed by atoms with Crippen molar-refractivity contribution in [2.75, 3.05) is 5.32 Å². The molecule has 0 aliphatic rings. The lowest BCUT2D eigenvalue weighted by Gasteiger charge is -2.07. The molecule has 0 bridgehead atoms. The van der Waals surface area contributed by atoms with E-state index in [0.717, 1.165) is 17.1 Å². The lowest BCUT2D eigenvalue weighted by atomic mass is 10.2. The fraction of sp³-hybridized carbons (Fsp3) is 0.231. The molecule has 0 saturated heterocycles. The van der Waals surface area contributed by atoms with E-state index < -0.39 is 0 Å². The van der Waals surface area contributed by atoms with Crippen LogP contribution in [0.3, 0.4) is 0 Å². The summed E-state index contributed by atoms with van der Waals surface area (Å²) in [5.41, 5.74) is 1.95. The Morgan fingerprint density at radius 3 is 2.88 bits per heavy atom. The Kier molecular flexibility index (Phi) is 3.23. The Labute approximate surface area is 100 Å². The highest BCUT2D eigenvalue weighted by molar-refractivity contribution is 5.90. The molecule has 2 aromatic rings. The van der Waals surface area contributed by atoms with E-state index in [4.69, 9.17) is 0 Å². The van der Waals surface area contributed by atoms with E-state index in [2.05, 4.69) is 10.3 Å². The Morgan fingerprint density at radius 1 is 1.41 bits per heavy atom. The highest BCUT2D eigenvalue weighted by Gasteiger charge is 2.05. The van der Waals surface area contributed by atoms with E-state index in [1.54, 1.807) is 12.4 Å². The van der Waals surface area contributed by atoms with Crippen molar-refractivity contribution in [3.63, 3.8) is 0 Å². The maximum Gasteiger partial charge on any atom is 0.244 e. The number of amides is 1. The number of carbonyl (C=O) groups excluding carboxylic acids is 1. The third kappa shape index (κ3) is 2.93. The molecular formula is C13H15N3O. The molecule has 0 saturated carbocycles. The van der Waals surface area contributed by atoms with Gasteiger partial charge in [-0.1, -0.05) is 12.1 Å². The molecule has 1 aromatic carbocycles. The summed E-state index contributed by atoms with van der Waals surface area (Å²) in [7, 11) is 0. The zero-order valence-corrected chi connectivity index (χ0v) is 9.97. The normalized spacial score (nSPS) is 10.2. The number of aryl methyl sites for hydroxylation is 2. The molecule has 0 aliphatic carbocycles. The van der Waals surface area contributed by atoms with Crippen molar-refractivity contribution in [1.29, 1.82) is 0 Å². The SMILES string of the molecule is Cc1cccc(NC(=O)Cn2ccnc2C)c1. The molecule has 0 unspecified atom stereocenters. The van der Waals surface area contributed by atoms with E-state index in [0.29, 0.717) is 6.54 Å². The number of aromatic nitrogens is 2. The van der Waals surface area contributed by atoms with Crippen molar-refractivity contribution in [3.8, 4) is 0 Å². The van der Waals surface area contributed by atoms with Crippen LogP contribution in [0.5, 0.6) is 0 Å². The van der Waals surface area contributed by atoms with Crippen LogP contribution in [0.25, 0.3) is 0 Å². The second-order valence-electron chi connectivity index (χ2n) is 4.02. The molecule has 1 heterocycles. The predicted octanol–water partition coefficient (Wildman–Crippen LogP) is 2.14. The molecule has 88 valence electrons. The number of rotatable bonds is 3. The van der Waals surface area contributed by atoms with E-state index in [1.807, 2.05) is 42.7 Å². The molecular weight excluding hydrogens is 214 g/mol. The van der Waals surface area contributed by atoms with Crippen LogP contribution in [-0.2, 0) is 11.3 Å². The molecule has 1 N–H and O–H groups in total. The molecule has 17 heavy (non-hydrogen) atoms. The number of nitrogens with zero attached hydrogens (tertiary/aromatic N) is 2.